The molecule has 43 heavy (non-hydrogen) atoms. The summed E-state index contributed by atoms with van der Waals surface area (Å²) < 4.78 is 50.3. The van der Waals surface area contributed by atoms with Gasteiger partial charge in [-0.2, -0.15) is 0 Å². The van der Waals surface area contributed by atoms with Gasteiger partial charge >= 0.3 is 17.9 Å². The van der Waals surface area contributed by atoms with Crippen LogP contribution in [-0.4, -0.2) is 75.2 Å². The zero-order chi connectivity index (χ0) is 30.4. The number of ether oxygens (including phenoxy) is 9. The topological polar surface area (TPSA) is 155 Å². The molecule has 0 aliphatic carbocycles. The lowest BCUT2D eigenvalue weighted by Gasteiger charge is -2.38. The molecule has 0 saturated carbocycles. The molecule has 3 aliphatic rings. The summed E-state index contributed by atoms with van der Waals surface area (Å²) in [6.45, 7) is 2.07. The predicted molar refractivity (Wildman–Crippen MR) is 145 cm³/mol. The highest BCUT2D eigenvalue weighted by Gasteiger charge is 2.46. The molecule has 226 valence electrons. The first-order chi connectivity index (χ1) is 20.7. The molecule has 1 N–H and O–H groups in total. The summed E-state index contributed by atoms with van der Waals surface area (Å²) in [6.07, 6.45) is -5.30. The van der Waals surface area contributed by atoms with Crippen molar-refractivity contribution in [1.82, 2.24) is 0 Å². The van der Waals surface area contributed by atoms with E-state index in [9.17, 15) is 19.5 Å². The molecule has 13 nitrogen and oxygen atoms in total. The zero-order valence-corrected chi connectivity index (χ0v) is 23.7. The SMILES string of the molecule is COc1cc2c(OC3OC[C@@H](OC(C)=O)[C@H](OC(C)=O)[C@H]3O)c3c(c(-c4ccc5c(c4)OCO5)c2cc1OC)C(=O)OC3. The normalized spacial score (nSPS) is 22.0. The van der Waals surface area contributed by atoms with Crippen LogP contribution in [0.1, 0.15) is 29.8 Å². The maximum absolute atomic E-state index is 13.3. The molecule has 3 aromatic rings. The van der Waals surface area contributed by atoms with Crippen molar-refractivity contribution in [2.24, 2.45) is 0 Å². The number of hydrogen-bond acceptors (Lipinski definition) is 13. The van der Waals surface area contributed by atoms with E-state index in [2.05, 4.69) is 0 Å². The molecule has 3 aromatic carbocycles. The third-order valence-corrected chi connectivity index (χ3v) is 7.34. The Morgan fingerprint density at radius 3 is 2.28 bits per heavy atom. The summed E-state index contributed by atoms with van der Waals surface area (Å²) in [5.41, 5.74) is 1.83. The molecule has 13 heteroatoms. The van der Waals surface area contributed by atoms with Crippen molar-refractivity contribution in [3.05, 3.63) is 41.5 Å². The molecule has 0 bridgehead atoms. The van der Waals surface area contributed by atoms with E-state index >= 15 is 0 Å². The average Bonchev–Trinajstić information content (AvgIpc) is 3.61. The van der Waals surface area contributed by atoms with E-state index in [1.54, 1.807) is 30.3 Å². The molecule has 6 rings (SSSR count). The first-order valence-corrected chi connectivity index (χ1v) is 13.3. The second-order valence-electron chi connectivity index (χ2n) is 9.99. The Balaban J connectivity index is 1.52. The largest absolute Gasteiger partial charge is 0.493 e. The van der Waals surface area contributed by atoms with Gasteiger partial charge in [0, 0.05) is 30.4 Å². The van der Waals surface area contributed by atoms with Crippen LogP contribution < -0.4 is 23.7 Å². The number of esters is 3. The molecule has 0 radical (unpaired) electrons. The summed E-state index contributed by atoms with van der Waals surface area (Å²) >= 11 is 0. The number of rotatable bonds is 7. The molecular weight excluding hydrogens is 568 g/mol. The van der Waals surface area contributed by atoms with Crippen molar-refractivity contribution in [1.29, 1.82) is 0 Å². The van der Waals surface area contributed by atoms with Crippen LogP contribution in [0.15, 0.2) is 30.3 Å². The number of hydrogen-bond donors (Lipinski definition) is 1. The van der Waals surface area contributed by atoms with E-state index < -0.39 is 42.5 Å². The molecule has 3 aliphatic heterocycles. The second kappa shape index (κ2) is 11.2. The van der Waals surface area contributed by atoms with Gasteiger partial charge in [-0.15, -0.1) is 0 Å². The van der Waals surface area contributed by atoms with E-state index in [0.717, 1.165) is 0 Å². The van der Waals surface area contributed by atoms with E-state index in [-0.39, 0.29) is 31.3 Å². The number of cyclic esters (lactones) is 1. The van der Waals surface area contributed by atoms with Gasteiger partial charge in [0.15, 0.2) is 41.3 Å². The van der Waals surface area contributed by atoms with Crippen LogP contribution in [0.2, 0.25) is 0 Å². The van der Waals surface area contributed by atoms with Crippen LogP contribution in [0.3, 0.4) is 0 Å². The molecule has 1 unspecified atom stereocenters. The van der Waals surface area contributed by atoms with Crippen LogP contribution in [0.5, 0.6) is 28.7 Å². The quantitative estimate of drug-likeness (QED) is 0.314. The Labute approximate surface area is 245 Å². The van der Waals surface area contributed by atoms with Crippen molar-refractivity contribution in [3.8, 4) is 39.9 Å². The maximum atomic E-state index is 13.3. The van der Waals surface area contributed by atoms with E-state index in [1.165, 1.54) is 28.1 Å². The molecule has 1 fully saturated rings. The van der Waals surface area contributed by atoms with E-state index in [0.29, 0.717) is 50.5 Å². The summed E-state index contributed by atoms with van der Waals surface area (Å²) in [4.78, 5) is 36.7. The predicted octanol–water partition coefficient (Wildman–Crippen LogP) is 2.88. The highest BCUT2D eigenvalue weighted by atomic mass is 16.7. The summed E-state index contributed by atoms with van der Waals surface area (Å²) in [6, 6.07) is 8.72. The van der Waals surface area contributed by atoms with Crippen LogP contribution in [-0.2, 0) is 35.1 Å². The molecular formula is C30H28O13. The van der Waals surface area contributed by atoms with Gasteiger partial charge < -0.3 is 47.7 Å². The third-order valence-electron chi connectivity index (χ3n) is 7.34. The number of carbonyl (C=O) groups excluding carboxylic acids is 3. The van der Waals surface area contributed by atoms with Gasteiger partial charge in [-0.1, -0.05) is 6.07 Å². The molecule has 3 heterocycles. The Morgan fingerprint density at radius 2 is 1.58 bits per heavy atom. The van der Waals surface area contributed by atoms with Gasteiger partial charge in [0.05, 0.1) is 26.4 Å². The number of aliphatic hydroxyl groups is 1. The summed E-state index contributed by atoms with van der Waals surface area (Å²) in [5, 5.41) is 12.2. The molecule has 0 amide bonds. The van der Waals surface area contributed by atoms with Crippen LogP contribution >= 0.6 is 0 Å². The number of carbonyl (C=O) groups is 3. The molecule has 0 aromatic heterocycles. The Morgan fingerprint density at radius 1 is 0.884 bits per heavy atom. The lowest BCUT2D eigenvalue weighted by molar-refractivity contribution is -0.253. The van der Waals surface area contributed by atoms with Gasteiger partial charge in [0.2, 0.25) is 13.1 Å². The van der Waals surface area contributed by atoms with E-state index in [1.807, 2.05) is 0 Å². The van der Waals surface area contributed by atoms with Crippen LogP contribution in [0.25, 0.3) is 21.9 Å². The highest BCUT2D eigenvalue weighted by molar-refractivity contribution is 6.14. The number of methoxy groups -OCH3 is 2. The smallest absolute Gasteiger partial charge is 0.339 e. The van der Waals surface area contributed by atoms with Crippen molar-refractivity contribution in [2.75, 3.05) is 27.6 Å². The Bertz CT molecular complexity index is 1630. The van der Waals surface area contributed by atoms with Gasteiger partial charge in [-0.05, 0) is 35.2 Å². The minimum Gasteiger partial charge on any atom is -0.493 e. The monoisotopic (exact) mass is 596 g/mol. The number of fused-ring (bicyclic) bond motifs is 3. The van der Waals surface area contributed by atoms with Gasteiger partial charge in [0.1, 0.15) is 12.4 Å². The molecule has 4 atom stereocenters. The third kappa shape index (κ3) is 5.00. The lowest BCUT2D eigenvalue weighted by atomic mass is 9.89. The lowest BCUT2D eigenvalue weighted by Crippen LogP contribution is -2.57. The van der Waals surface area contributed by atoms with Crippen molar-refractivity contribution in [2.45, 2.75) is 45.1 Å². The number of benzene rings is 3. The maximum Gasteiger partial charge on any atom is 0.339 e. The fourth-order valence-corrected chi connectivity index (χ4v) is 5.52. The van der Waals surface area contributed by atoms with E-state index in [4.69, 9.17) is 42.6 Å². The first-order valence-electron chi connectivity index (χ1n) is 13.3. The Hall–Kier alpha value is -4.75. The molecule has 1 saturated heterocycles. The van der Waals surface area contributed by atoms with Gasteiger partial charge in [-0.3, -0.25) is 9.59 Å². The second-order valence-corrected chi connectivity index (χ2v) is 9.99. The van der Waals surface area contributed by atoms with Gasteiger partial charge in [0.25, 0.3) is 0 Å². The van der Waals surface area contributed by atoms with Gasteiger partial charge in [-0.25, -0.2) is 4.79 Å². The van der Waals surface area contributed by atoms with Crippen molar-refractivity contribution >= 4 is 28.7 Å². The first kappa shape index (κ1) is 28.4. The zero-order valence-electron chi connectivity index (χ0n) is 23.7. The average molecular weight is 597 g/mol. The standard InChI is InChI=1S/C30H28O13/c1-13(31)41-23-11-38-30(26(33)28(23)42-14(2)32)43-27-17-9-21(36-4)20(35-3)8-16(17)24(25-18(27)10-37-29(25)34)15-5-6-19-22(7-15)40-12-39-19/h5-9,23,26,28,30,33H,10-12H2,1-4H3/t23-,26-,28+,30?/m1/s1. The minimum atomic E-state index is -1.57. The number of aliphatic hydroxyl groups excluding tert-OH is 1. The highest BCUT2D eigenvalue weighted by Crippen LogP contribution is 2.49. The fourth-order valence-electron chi connectivity index (χ4n) is 5.52. The fraction of sp³-hybridized carbons (Fsp3) is 0.367. The van der Waals surface area contributed by atoms with Crippen molar-refractivity contribution in [3.63, 3.8) is 0 Å². The summed E-state index contributed by atoms with van der Waals surface area (Å²) in [5.74, 6) is 0.115. The van der Waals surface area contributed by atoms with Crippen LogP contribution in [0, 0.1) is 0 Å². The van der Waals surface area contributed by atoms with Crippen molar-refractivity contribution < 1.29 is 62.1 Å². The Kier molecular flexibility index (Phi) is 7.36. The molecule has 0 spiro atoms. The van der Waals surface area contributed by atoms with Crippen LogP contribution in [0.4, 0.5) is 0 Å². The minimum absolute atomic E-state index is 0.0772. The summed E-state index contributed by atoms with van der Waals surface area (Å²) in [7, 11) is 2.97.